The lowest BCUT2D eigenvalue weighted by atomic mass is 9.79. The minimum atomic E-state index is -3.53. The second-order valence-electron chi connectivity index (χ2n) is 5.44. The average Bonchev–Trinajstić information content (AvgIpc) is 2.75. The molecule has 19 heavy (non-hydrogen) atoms. The predicted molar refractivity (Wildman–Crippen MR) is 74.7 cm³/mol. The molecule has 0 bridgehead atoms. The van der Waals surface area contributed by atoms with Crippen LogP contribution in [0.1, 0.15) is 27.2 Å². The second kappa shape index (κ2) is 6.02. The van der Waals surface area contributed by atoms with Crippen LogP contribution < -0.4 is 4.72 Å². The van der Waals surface area contributed by atoms with Gasteiger partial charge in [0.1, 0.15) is 4.21 Å². The van der Waals surface area contributed by atoms with Crippen LogP contribution in [0.4, 0.5) is 0 Å². The van der Waals surface area contributed by atoms with Crippen LogP contribution in [0.3, 0.4) is 0 Å². The van der Waals surface area contributed by atoms with Gasteiger partial charge >= 0.3 is 5.97 Å². The Morgan fingerprint density at radius 2 is 2.11 bits per heavy atom. The maximum absolute atomic E-state index is 12.0. The lowest BCUT2D eigenvalue weighted by molar-refractivity contribution is -0.139. The Hall–Kier alpha value is -0.920. The lowest BCUT2D eigenvalue weighted by Gasteiger charge is -2.29. The standard InChI is InChI=1S/C12H19NO4S2/c1-12(2,3)9(7-10(14)15)8-13-19(16,17)11-5-4-6-18-11/h4-6,9,13H,7-8H2,1-3H3,(H,14,15). The van der Waals surface area contributed by atoms with Crippen molar-refractivity contribution in [2.45, 2.75) is 31.4 Å². The van der Waals surface area contributed by atoms with Crippen molar-refractivity contribution in [3.05, 3.63) is 17.5 Å². The van der Waals surface area contributed by atoms with Crippen molar-refractivity contribution in [3.63, 3.8) is 0 Å². The van der Waals surface area contributed by atoms with Gasteiger partial charge in [-0.1, -0.05) is 26.8 Å². The molecule has 1 rings (SSSR count). The van der Waals surface area contributed by atoms with E-state index in [0.717, 1.165) is 11.3 Å². The maximum atomic E-state index is 12.0. The van der Waals surface area contributed by atoms with Crippen LogP contribution in [0.25, 0.3) is 0 Å². The molecule has 108 valence electrons. The molecule has 0 amide bonds. The fourth-order valence-corrected chi connectivity index (χ4v) is 3.71. The number of nitrogens with one attached hydrogen (secondary N) is 1. The highest BCUT2D eigenvalue weighted by molar-refractivity contribution is 7.91. The summed E-state index contributed by atoms with van der Waals surface area (Å²) in [6, 6.07) is 3.19. The summed E-state index contributed by atoms with van der Waals surface area (Å²) in [4.78, 5) is 10.8. The van der Waals surface area contributed by atoms with Gasteiger partial charge in [0.05, 0.1) is 0 Å². The number of carboxylic acids is 1. The smallest absolute Gasteiger partial charge is 0.303 e. The monoisotopic (exact) mass is 305 g/mol. The zero-order chi connectivity index (χ0) is 14.7. The van der Waals surface area contributed by atoms with Gasteiger partial charge in [0.2, 0.25) is 10.0 Å². The SMILES string of the molecule is CC(C)(C)C(CNS(=O)(=O)c1cccs1)CC(=O)O. The molecule has 0 radical (unpaired) electrons. The van der Waals surface area contributed by atoms with E-state index in [1.54, 1.807) is 11.4 Å². The Balaban J connectivity index is 2.75. The van der Waals surface area contributed by atoms with Gasteiger partial charge in [0.15, 0.2) is 0 Å². The molecule has 0 aliphatic heterocycles. The summed E-state index contributed by atoms with van der Waals surface area (Å²) in [6.45, 7) is 5.83. The molecule has 1 heterocycles. The first-order valence-corrected chi connectivity index (χ1v) is 8.24. The number of carboxylic acid groups (broad SMARTS) is 1. The molecule has 0 aliphatic rings. The summed E-state index contributed by atoms with van der Waals surface area (Å²) in [7, 11) is -3.53. The fraction of sp³-hybridized carbons (Fsp3) is 0.583. The van der Waals surface area contributed by atoms with E-state index in [1.807, 2.05) is 20.8 Å². The van der Waals surface area contributed by atoms with E-state index in [1.165, 1.54) is 6.07 Å². The summed E-state index contributed by atoms with van der Waals surface area (Å²) in [5.74, 6) is -1.19. The molecular formula is C12H19NO4S2. The van der Waals surface area contributed by atoms with Crippen molar-refractivity contribution >= 4 is 27.3 Å². The third-order valence-corrected chi connectivity index (χ3v) is 5.75. The molecule has 1 aromatic heterocycles. The maximum Gasteiger partial charge on any atom is 0.303 e. The highest BCUT2D eigenvalue weighted by Crippen LogP contribution is 2.28. The largest absolute Gasteiger partial charge is 0.481 e. The summed E-state index contributed by atoms with van der Waals surface area (Å²) in [6.07, 6.45) is -0.0591. The minimum Gasteiger partial charge on any atom is -0.481 e. The molecule has 1 atom stereocenters. The molecule has 7 heteroatoms. The van der Waals surface area contributed by atoms with Gasteiger partial charge in [-0.15, -0.1) is 11.3 Å². The van der Waals surface area contributed by atoms with Crippen LogP contribution in [0.5, 0.6) is 0 Å². The Morgan fingerprint density at radius 1 is 1.47 bits per heavy atom. The van der Waals surface area contributed by atoms with E-state index in [0.29, 0.717) is 0 Å². The van der Waals surface area contributed by atoms with Gasteiger partial charge in [-0.25, -0.2) is 13.1 Å². The van der Waals surface area contributed by atoms with Crippen molar-refractivity contribution in [2.24, 2.45) is 11.3 Å². The van der Waals surface area contributed by atoms with E-state index in [-0.39, 0.29) is 28.5 Å². The van der Waals surface area contributed by atoms with Gasteiger partial charge < -0.3 is 5.11 Å². The predicted octanol–water partition coefficient (Wildman–Crippen LogP) is 2.16. The van der Waals surface area contributed by atoms with Crippen molar-refractivity contribution in [2.75, 3.05) is 6.54 Å². The van der Waals surface area contributed by atoms with Crippen molar-refractivity contribution < 1.29 is 18.3 Å². The summed E-state index contributed by atoms with van der Waals surface area (Å²) < 4.78 is 26.7. The first-order valence-electron chi connectivity index (χ1n) is 5.88. The van der Waals surface area contributed by atoms with Gasteiger partial charge in [0, 0.05) is 13.0 Å². The van der Waals surface area contributed by atoms with Crippen LogP contribution in [-0.4, -0.2) is 26.0 Å². The Bertz CT molecular complexity index is 514. The van der Waals surface area contributed by atoms with Crippen LogP contribution in [0, 0.1) is 11.3 Å². The van der Waals surface area contributed by atoms with E-state index in [2.05, 4.69) is 4.72 Å². The molecule has 5 nitrogen and oxygen atoms in total. The molecule has 1 unspecified atom stereocenters. The highest BCUT2D eigenvalue weighted by Gasteiger charge is 2.28. The van der Waals surface area contributed by atoms with E-state index >= 15 is 0 Å². The third kappa shape index (κ3) is 4.93. The van der Waals surface area contributed by atoms with Crippen molar-refractivity contribution in [1.29, 1.82) is 0 Å². The van der Waals surface area contributed by atoms with Gasteiger partial charge in [-0.3, -0.25) is 4.79 Å². The lowest BCUT2D eigenvalue weighted by Crippen LogP contribution is -2.36. The highest BCUT2D eigenvalue weighted by atomic mass is 32.2. The molecular weight excluding hydrogens is 286 g/mol. The van der Waals surface area contributed by atoms with Crippen molar-refractivity contribution in [1.82, 2.24) is 4.72 Å². The Morgan fingerprint density at radius 3 is 2.53 bits per heavy atom. The molecule has 0 saturated heterocycles. The fourth-order valence-electron chi connectivity index (χ4n) is 1.59. The number of carbonyl (C=O) groups is 1. The van der Waals surface area contributed by atoms with Gasteiger partial charge in [0.25, 0.3) is 0 Å². The quantitative estimate of drug-likeness (QED) is 0.843. The minimum absolute atomic E-state index is 0.0591. The van der Waals surface area contributed by atoms with Gasteiger partial charge in [-0.05, 0) is 22.8 Å². The number of sulfonamides is 1. The number of hydrogen-bond donors (Lipinski definition) is 2. The summed E-state index contributed by atoms with van der Waals surface area (Å²) in [5, 5.41) is 10.6. The van der Waals surface area contributed by atoms with Crippen molar-refractivity contribution in [3.8, 4) is 0 Å². The molecule has 0 spiro atoms. The zero-order valence-corrected chi connectivity index (χ0v) is 12.8. The number of rotatable bonds is 6. The van der Waals surface area contributed by atoms with E-state index in [4.69, 9.17) is 5.11 Å². The van der Waals surface area contributed by atoms with E-state index in [9.17, 15) is 13.2 Å². The Kier molecular flexibility index (Phi) is 5.11. The normalized spacial score (nSPS) is 14.3. The number of aliphatic carboxylic acids is 1. The van der Waals surface area contributed by atoms with Crippen LogP contribution in [0.15, 0.2) is 21.7 Å². The van der Waals surface area contributed by atoms with Crippen LogP contribution in [-0.2, 0) is 14.8 Å². The summed E-state index contributed by atoms with van der Waals surface area (Å²) in [5.41, 5.74) is -0.281. The van der Waals surface area contributed by atoms with Crippen LogP contribution in [0.2, 0.25) is 0 Å². The molecule has 0 aliphatic carbocycles. The van der Waals surface area contributed by atoms with Crippen LogP contribution >= 0.6 is 11.3 Å². The van der Waals surface area contributed by atoms with E-state index < -0.39 is 16.0 Å². The first-order chi connectivity index (χ1) is 8.63. The number of hydrogen-bond acceptors (Lipinski definition) is 4. The zero-order valence-electron chi connectivity index (χ0n) is 11.2. The topological polar surface area (TPSA) is 83.5 Å². The first kappa shape index (κ1) is 16.1. The molecule has 0 fully saturated rings. The molecule has 0 aromatic carbocycles. The average molecular weight is 305 g/mol. The molecule has 0 saturated carbocycles. The summed E-state index contributed by atoms with van der Waals surface area (Å²) >= 11 is 1.14. The second-order valence-corrected chi connectivity index (χ2v) is 8.39. The third-order valence-electron chi connectivity index (χ3n) is 2.93. The Labute approximate surface area is 117 Å². The molecule has 2 N–H and O–H groups in total. The number of thiophene rings is 1. The van der Waals surface area contributed by atoms with Gasteiger partial charge in [-0.2, -0.15) is 0 Å². The molecule has 1 aromatic rings.